The van der Waals surface area contributed by atoms with Crippen molar-refractivity contribution < 1.29 is 0 Å². The Labute approximate surface area is 480 Å². The van der Waals surface area contributed by atoms with Crippen LogP contribution in [0.1, 0.15) is 366 Å². The molecule has 0 heterocycles. The van der Waals surface area contributed by atoms with Gasteiger partial charge in [-0.25, -0.2) is 0 Å². The molecule has 0 atom stereocenters. The van der Waals surface area contributed by atoms with E-state index in [2.05, 4.69) is 58.9 Å². The first-order valence-corrected chi connectivity index (χ1v) is 35.1. The van der Waals surface area contributed by atoms with E-state index in [0.29, 0.717) is 0 Å². The molecule has 77 heavy (non-hydrogen) atoms. The lowest BCUT2D eigenvalue weighted by Gasteiger charge is -2.11. The number of benzene rings is 3. The van der Waals surface area contributed by atoms with Gasteiger partial charge in [-0.1, -0.05) is 403 Å². The Morgan fingerprint density at radius 3 is 0.766 bits per heavy atom. The molecule has 0 saturated heterocycles. The first-order valence-electron chi connectivity index (χ1n) is 35.1. The molecule has 0 radical (unpaired) electrons. The highest BCUT2D eigenvalue weighted by Gasteiger charge is 2.06. The van der Waals surface area contributed by atoms with Crippen molar-refractivity contribution in [2.45, 2.75) is 366 Å². The Morgan fingerprint density at radius 2 is 0.481 bits per heavy atom. The van der Waals surface area contributed by atoms with Crippen molar-refractivity contribution in [1.82, 2.24) is 0 Å². The Balaban J connectivity index is 0.895. The molecule has 0 saturated carbocycles. The summed E-state index contributed by atoms with van der Waals surface area (Å²) in [4.78, 5) is 0. The number of rotatable bonds is 60. The van der Waals surface area contributed by atoms with Crippen LogP contribution in [0.3, 0.4) is 0 Å². The van der Waals surface area contributed by atoms with Crippen LogP contribution in [0.5, 0.6) is 0 Å². The van der Waals surface area contributed by atoms with Gasteiger partial charge >= 0.3 is 0 Å². The number of hydrogen-bond donors (Lipinski definition) is 1. The average Bonchev–Trinajstić information content (AvgIpc) is 3.47. The molecule has 440 valence electrons. The van der Waals surface area contributed by atoms with E-state index in [1.807, 2.05) is 30.3 Å². The van der Waals surface area contributed by atoms with E-state index < -0.39 is 0 Å². The number of nitrogens with zero attached hydrogens (tertiary/aromatic N) is 2. The summed E-state index contributed by atoms with van der Waals surface area (Å²) in [6, 6.07) is 22.7. The van der Waals surface area contributed by atoms with Crippen LogP contribution in [0.2, 0.25) is 0 Å². The summed E-state index contributed by atoms with van der Waals surface area (Å²) in [5.41, 5.74) is 2.99. The normalized spacial score (nSPS) is 11.8. The average molecular weight is 1060 g/mol. The maximum absolute atomic E-state index is 4.56. The second-order valence-corrected chi connectivity index (χ2v) is 24.6. The lowest BCUT2D eigenvalue weighted by atomic mass is 10.0. The van der Waals surface area contributed by atoms with E-state index in [-0.39, 0.29) is 0 Å². The molecule has 0 aliphatic heterocycles. The molecule has 3 heteroatoms. The molecular formula is C74H129N3. The summed E-state index contributed by atoms with van der Waals surface area (Å²) in [5.74, 6) is 0. The summed E-state index contributed by atoms with van der Waals surface area (Å²) in [6.45, 7) is 3.34. The van der Waals surface area contributed by atoms with Crippen molar-refractivity contribution in [2.24, 2.45) is 10.2 Å². The van der Waals surface area contributed by atoms with Crippen molar-refractivity contribution in [3.8, 4) is 0 Å². The third kappa shape index (κ3) is 42.8. The van der Waals surface area contributed by atoms with Gasteiger partial charge in [-0.15, -0.1) is 5.11 Å². The predicted molar refractivity (Wildman–Crippen MR) is 347 cm³/mol. The number of unbranched alkanes of at least 4 members (excludes halogenated alkanes) is 55. The van der Waals surface area contributed by atoms with Gasteiger partial charge in [0.05, 0.1) is 11.4 Å². The van der Waals surface area contributed by atoms with Crippen molar-refractivity contribution in [2.75, 3.05) is 11.9 Å². The molecule has 3 nitrogen and oxygen atoms in total. The number of anilines is 1. The molecule has 1 N–H and O–H groups in total. The van der Waals surface area contributed by atoms with Crippen molar-refractivity contribution in [3.63, 3.8) is 0 Å². The van der Waals surface area contributed by atoms with Crippen LogP contribution in [0.4, 0.5) is 17.1 Å². The first kappa shape index (κ1) is 68.6. The van der Waals surface area contributed by atoms with E-state index in [4.69, 9.17) is 0 Å². The fourth-order valence-corrected chi connectivity index (χ4v) is 12.1. The van der Waals surface area contributed by atoms with E-state index in [9.17, 15) is 0 Å². The molecule has 0 spiro atoms. The molecule has 0 unspecified atom stereocenters. The zero-order valence-corrected chi connectivity index (χ0v) is 51.6. The largest absolute Gasteiger partial charge is 0.385 e. The Morgan fingerprint density at radius 1 is 0.234 bits per heavy atom. The molecule has 0 aliphatic carbocycles. The molecule has 3 aromatic rings. The summed E-state index contributed by atoms with van der Waals surface area (Å²) in [6.07, 6.45) is 82.2. The van der Waals surface area contributed by atoms with Crippen molar-refractivity contribution in [1.29, 1.82) is 0 Å². The highest BCUT2D eigenvalue weighted by molar-refractivity contribution is 6.00. The molecule has 0 fully saturated rings. The van der Waals surface area contributed by atoms with Gasteiger partial charge in [0.15, 0.2) is 0 Å². The lowest BCUT2D eigenvalue weighted by molar-refractivity contribution is 0.507. The van der Waals surface area contributed by atoms with E-state index in [0.717, 1.165) is 23.3 Å². The third-order valence-electron chi connectivity index (χ3n) is 17.3. The fraction of sp³-hybridized carbons (Fsp3) is 0.784. The van der Waals surface area contributed by atoms with E-state index in [1.54, 1.807) is 0 Å². The smallest absolute Gasteiger partial charge is 0.0936 e. The van der Waals surface area contributed by atoms with Crippen LogP contribution in [0, 0.1) is 0 Å². The number of nitrogens with one attached hydrogen (secondary N) is 1. The van der Waals surface area contributed by atoms with Crippen LogP contribution >= 0.6 is 0 Å². The molecule has 0 amide bonds. The topological polar surface area (TPSA) is 36.8 Å². The van der Waals surface area contributed by atoms with Crippen LogP contribution in [-0.4, -0.2) is 6.54 Å². The molecule has 0 aromatic heterocycles. The minimum absolute atomic E-state index is 0.877. The highest BCUT2D eigenvalue weighted by Crippen LogP contribution is 2.33. The highest BCUT2D eigenvalue weighted by atomic mass is 15.1. The second-order valence-electron chi connectivity index (χ2n) is 24.6. The van der Waals surface area contributed by atoms with Gasteiger partial charge in [-0.3, -0.25) is 0 Å². The van der Waals surface area contributed by atoms with Gasteiger partial charge in [-0.05, 0) is 30.7 Å². The van der Waals surface area contributed by atoms with Gasteiger partial charge in [0.1, 0.15) is 0 Å². The molecule has 3 aromatic carbocycles. The summed E-state index contributed by atoms with van der Waals surface area (Å²) >= 11 is 0. The van der Waals surface area contributed by atoms with Gasteiger partial charge in [0, 0.05) is 23.0 Å². The van der Waals surface area contributed by atoms with Crippen molar-refractivity contribution in [3.05, 3.63) is 66.7 Å². The minimum atomic E-state index is 0.877. The molecule has 3 rings (SSSR count). The lowest BCUT2D eigenvalue weighted by Crippen LogP contribution is -2.02. The zero-order valence-electron chi connectivity index (χ0n) is 51.6. The number of azo groups is 1. The number of fused-ring (bicyclic) bond motifs is 1. The Bertz CT molecular complexity index is 1670. The second kappa shape index (κ2) is 55.2. The van der Waals surface area contributed by atoms with Gasteiger partial charge in [0.25, 0.3) is 0 Å². The van der Waals surface area contributed by atoms with E-state index in [1.165, 1.54) is 371 Å². The maximum Gasteiger partial charge on any atom is 0.0936 e. The SMILES string of the molecule is CCCCCCCCCCCCCCCCCCCCCCCCCCCCCCCCCCCCCCCCCCCCCCCCCCCCCCCCCCNc1ccc(N=Nc2ccccc2)c2ccccc12. The Kier molecular flexibility index (Phi) is 49.2. The van der Waals surface area contributed by atoms with Crippen LogP contribution in [0.15, 0.2) is 77.0 Å². The summed E-state index contributed by atoms with van der Waals surface area (Å²) in [7, 11) is 0. The van der Waals surface area contributed by atoms with Gasteiger partial charge in [0.2, 0.25) is 0 Å². The standard InChI is InChI=1S/C74H129N3/c1-2-3-4-5-6-7-8-9-10-11-12-13-14-15-16-17-18-19-20-21-22-23-24-25-26-27-28-29-30-31-32-33-34-35-36-37-38-39-40-41-42-43-44-45-46-47-48-49-50-51-52-53-54-55-56-62-69-75-73-67-68-74(72-66-61-60-65-71(72)73)77-76-70-63-58-57-59-64-70/h57-61,63-68,75H,2-56,62,69H2,1H3. The summed E-state index contributed by atoms with van der Waals surface area (Å²) < 4.78 is 0. The first-order chi connectivity index (χ1) is 38.4. The molecule has 0 bridgehead atoms. The zero-order chi connectivity index (χ0) is 54.1. The monoisotopic (exact) mass is 1060 g/mol. The van der Waals surface area contributed by atoms with Crippen LogP contribution < -0.4 is 5.32 Å². The van der Waals surface area contributed by atoms with Gasteiger partial charge < -0.3 is 5.32 Å². The van der Waals surface area contributed by atoms with E-state index >= 15 is 0 Å². The third-order valence-corrected chi connectivity index (χ3v) is 17.3. The molecular weight excluding hydrogens is 931 g/mol. The van der Waals surface area contributed by atoms with Crippen LogP contribution in [0.25, 0.3) is 10.8 Å². The van der Waals surface area contributed by atoms with Crippen LogP contribution in [-0.2, 0) is 0 Å². The minimum Gasteiger partial charge on any atom is -0.385 e. The fourth-order valence-electron chi connectivity index (χ4n) is 12.1. The quantitative estimate of drug-likeness (QED) is 0.0444. The molecule has 0 aliphatic rings. The van der Waals surface area contributed by atoms with Gasteiger partial charge in [-0.2, -0.15) is 5.11 Å². The maximum atomic E-state index is 4.56. The predicted octanol–water partition coefficient (Wildman–Crippen LogP) is 27.5. The number of hydrogen-bond acceptors (Lipinski definition) is 3. The van der Waals surface area contributed by atoms with Crippen molar-refractivity contribution >= 4 is 27.8 Å². The summed E-state index contributed by atoms with van der Waals surface area (Å²) in [5, 5.41) is 15.1. The Hall–Kier alpha value is -2.68.